The van der Waals surface area contributed by atoms with Crippen LogP contribution in [0.4, 0.5) is 4.39 Å². The summed E-state index contributed by atoms with van der Waals surface area (Å²) < 4.78 is 13.1. The van der Waals surface area contributed by atoms with E-state index < -0.39 is 0 Å². The molecule has 19 heavy (non-hydrogen) atoms. The molecule has 1 unspecified atom stereocenters. The summed E-state index contributed by atoms with van der Waals surface area (Å²) in [4.78, 5) is 1.38. The molecule has 2 aromatic rings. The van der Waals surface area contributed by atoms with Crippen LogP contribution in [-0.4, -0.2) is 0 Å². The summed E-state index contributed by atoms with van der Waals surface area (Å²) >= 11 is 7.59. The van der Waals surface area contributed by atoms with Crippen LogP contribution in [0.2, 0.25) is 5.02 Å². The molecule has 0 saturated heterocycles. The highest BCUT2D eigenvalue weighted by atomic mass is 35.5. The van der Waals surface area contributed by atoms with Gasteiger partial charge in [-0.05, 0) is 47.9 Å². The van der Waals surface area contributed by atoms with Gasteiger partial charge in [-0.15, -0.1) is 11.3 Å². The SMILES string of the molecule is Fc1ccc(CNC(c2cccs2)C2CC2)cc1Cl. The maximum atomic E-state index is 13.1. The van der Waals surface area contributed by atoms with Crippen LogP contribution in [0, 0.1) is 11.7 Å². The summed E-state index contributed by atoms with van der Waals surface area (Å²) in [5.74, 6) is 0.386. The molecular weight excluding hydrogens is 281 g/mol. The molecule has 1 aromatic heterocycles. The van der Waals surface area contributed by atoms with Crippen LogP contribution in [0.25, 0.3) is 0 Å². The van der Waals surface area contributed by atoms with Crippen molar-refractivity contribution in [3.8, 4) is 0 Å². The number of thiophene rings is 1. The van der Waals surface area contributed by atoms with E-state index in [4.69, 9.17) is 11.6 Å². The van der Waals surface area contributed by atoms with E-state index in [1.165, 1.54) is 23.8 Å². The molecule has 100 valence electrons. The van der Waals surface area contributed by atoms with Crippen molar-refractivity contribution in [2.24, 2.45) is 5.92 Å². The van der Waals surface area contributed by atoms with Gasteiger partial charge >= 0.3 is 0 Å². The molecule has 1 fully saturated rings. The summed E-state index contributed by atoms with van der Waals surface area (Å²) in [6.45, 7) is 0.721. The number of benzene rings is 1. The van der Waals surface area contributed by atoms with Crippen LogP contribution in [0.1, 0.15) is 29.3 Å². The second-order valence-corrected chi connectivity index (χ2v) is 6.35. The molecule has 0 bridgehead atoms. The van der Waals surface area contributed by atoms with Gasteiger partial charge in [0.1, 0.15) is 5.82 Å². The highest BCUT2D eigenvalue weighted by Gasteiger charge is 2.32. The maximum absolute atomic E-state index is 13.1. The largest absolute Gasteiger partial charge is 0.305 e. The van der Waals surface area contributed by atoms with Crippen LogP contribution in [0.15, 0.2) is 35.7 Å². The zero-order valence-electron chi connectivity index (χ0n) is 10.4. The molecule has 1 atom stereocenters. The Hall–Kier alpha value is -0.900. The van der Waals surface area contributed by atoms with Crippen LogP contribution >= 0.6 is 22.9 Å². The minimum absolute atomic E-state index is 0.193. The lowest BCUT2D eigenvalue weighted by Gasteiger charge is -2.17. The topological polar surface area (TPSA) is 12.0 Å². The van der Waals surface area contributed by atoms with Crippen molar-refractivity contribution in [2.45, 2.75) is 25.4 Å². The van der Waals surface area contributed by atoms with E-state index >= 15 is 0 Å². The quantitative estimate of drug-likeness (QED) is 0.837. The highest BCUT2D eigenvalue weighted by Crippen LogP contribution is 2.42. The van der Waals surface area contributed by atoms with Crippen molar-refractivity contribution >= 4 is 22.9 Å². The molecule has 0 amide bonds. The second kappa shape index (κ2) is 5.61. The summed E-state index contributed by atoms with van der Waals surface area (Å²) in [7, 11) is 0. The third-order valence-corrected chi connectivity index (χ3v) is 4.70. The maximum Gasteiger partial charge on any atom is 0.141 e. The molecule has 1 saturated carbocycles. The lowest BCUT2D eigenvalue weighted by atomic mass is 10.1. The zero-order chi connectivity index (χ0) is 13.2. The average molecular weight is 296 g/mol. The molecule has 1 nitrogen and oxygen atoms in total. The summed E-state index contributed by atoms with van der Waals surface area (Å²) in [6, 6.07) is 9.60. The van der Waals surface area contributed by atoms with E-state index in [1.807, 2.05) is 0 Å². The third-order valence-electron chi connectivity index (χ3n) is 3.45. The number of hydrogen-bond acceptors (Lipinski definition) is 2. The minimum atomic E-state index is -0.359. The Labute approximate surface area is 121 Å². The van der Waals surface area contributed by atoms with Crippen LogP contribution < -0.4 is 5.32 Å². The Morgan fingerprint density at radius 3 is 2.84 bits per heavy atom. The summed E-state index contributed by atoms with van der Waals surface area (Å²) in [6.07, 6.45) is 2.58. The van der Waals surface area contributed by atoms with E-state index in [1.54, 1.807) is 23.5 Å². The molecule has 0 radical (unpaired) electrons. The Bertz CT molecular complexity index is 551. The molecule has 1 aliphatic carbocycles. The number of halogens is 2. The number of hydrogen-bond donors (Lipinski definition) is 1. The van der Waals surface area contributed by atoms with Gasteiger partial charge in [-0.3, -0.25) is 0 Å². The van der Waals surface area contributed by atoms with E-state index in [0.717, 1.165) is 18.0 Å². The normalized spacial score (nSPS) is 16.5. The van der Waals surface area contributed by atoms with E-state index in [-0.39, 0.29) is 10.8 Å². The molecule has 1 aliphatic rings. The van der Waals surface area contributed by atoms with Crippen molar-refractivity contribution in [2.75, 3.05) is 0 Å². The van der Waals surface area contributed by atoms with Crippen LogP contribution in [-0.2, 0) is 6.54 Å². The number of rotatable bonds is 5. The second-order valence-electron chi connectivity index (χ2n) is 4.96. The minimum Gasteiger partial charge on any atom is -0.305 e. The van der Waals surface area contributed by atoms with Crippen molar-refractivity contribution in [3.05, 3.63) is 57.0 Å². The first-order valence-electron chi connectivity index (χ1n) is 6.45. The first-order valence-corrected chi connectivity index (χ1v) is 7.70. The molecule has 0 aliphatic heterocycles. The average Bonchev–Trinajstić information content (AvgIpc) is 3.09. The fraction of sp³-hybridized carbons (Fsp3) is 0.333. The van der Waals surface area contributed by atoms with Gasteiger partial charge in [-0.1, -0.05) is 23.7 Å². The number of nitrogens with one attached hydrogen (secondary N) is 1. The fourth-order valence-electron chi connectivity index (χ4n) is 2.27. The van der Waals surface area contributed by atoms with Gasteiger partial charge in [0.25, 0.3) is 0 Å². The van der Waals surface area contributed by atoms with E-state index in [2.05, 4.69) is 22.8 Å². The van der Waals surface area contributed by atoms with Gasteiger partial charge in [0.2, 0.25) is 0 Å². The predicted octanol–water partition coefficient (Wildman–Crippen LogP) is 4.78. The Kier molecular flexibility index (Phi) is 3.87. The predicted molar refractivity (Wildman–Crippen MR) is 78.0 cm³/mol. The first-order chi connectivity index (χ1) is 9.24. The summed E-state index contributed by atoms with van der Waals surface area (Å²) in [5.41, 5.74) is 1.02. The summed E-state index contributed by atoms with van der Waals surface area (Å²) in [5, 5.41) is 5.88. The molecule has 4 heteroatoms. The molecule has 0 spiro atoms. The lowest BCUT2D eigenvalue weighted by Crippen LogP contribution is -2.21. The Morgan fingerprint density at radius 1 is 1.37 bits per heavy atom. The van der Waals surface area contributed by atoms with Crippen molar-refractivity contribution in [3.63, 3.8) is 0 Å². The van der Waals surface area contributed by atoms with Gasteiger partial charge in [0.05, 0.1) is 5.02 Å². The van der Waals surface area contributed by atoms with Crippen molar-refractivity contribution in [1.82, 2.24) is 5.32 Å². The third kappa shape index (κ3) is 3.16. The monoisotopic (exact) mass is 295 g/mol. The van der Waals surface area contributed by atoms with E-state index in [9.17, 15) is 4.39 Å². The lowest BCUT2D eigenvalue weighted by molar-refractivity contribution is 0.487. The molecule has 1 N–H and O–H groups in total. The van der Waals surface area contributed by atoms with Crippen molar-refractivity contribution < 1.29 is 4.39 Å². The molecular formula is C15H15ClFNS. The zero-order valence-corrected chi connectivity index (χ0v) is 12.0. The van der Waals surface area contributed by atoms with Gasteiger partial charge < -0.3 is 5.32 Å². The fourth-order valence-corrected chi connectivity index (χ4v) is 3.37. The van der Waals surface area contributed by atoms with Gasteiger partial charge in [-0.25, -0.2) is 4.39 Å². The van der Waals surface area contributed by atoms with Gasteiger partial charge in [0.15, 0.2) is 0 Å². The molecule has 1 heterocycles. The van der Waals surface area contributed by atoms with E-state index in [0.29, 0.717) is 6.04 Å². The van der Waals surface area contributed by atoms with Gasteiger partial charge in [-0.2, -0.15) is 0 Å². The molecule has 1 aromatic carbocycles. The van der Waals surface area contributed by atoms with Crippen LogP contribution in [0.5, 0.6) is 0 Å². The first kappa shape index (κ1) is 13.1. The smallest absolute Gasteiger partial charge is 0.141 e. The Morgan fingerprint density at radius 2 is 2.21 bits per heavy atom. The Balaban J connectivity index is 1.68. The van der Waals surface area contributed by atoms with Gasteiger partial charge in [0, 0.05) is 17.5 Å². The highest BCUT2D eigenvalue weighted by molar-refractivity contribution is 7.10. The van der Waals surface area contributed by atoms with Crippen molar-refractivity contribution in [1.29, 1.82) is 0 Å². The molecule has 3 rings (SSSR count). The van der Waals surface area contributed by atoms with Crippen LogP contribution in [0.3, 0.4) is 0 Å². The standard InChI is InChI=1S/C15H15ClFNS/c16-12-8-10(3-6-13(12)17)9-18-15(11-4-5-11)14-2-1-7-19-14/h1-3,6-8,11,15,18H,4-5,9H2.